The fraction of sp³-hybridized carbons (Fsp3) is 0.188. The number of nitrogens with zero attached hydrogens (tertiary/aromatic N) is 2. The Kier molecular flexibility index (Phi) is 4.25. The molecule has 1 N–H and O–H groups in total. The second-order valence-corrected chi connectivity index (χ2v) is 5.63. The topological polar surface area (TPSA) is 29.9 Å². The van der Waals surface area contributed by atoms with Crippen LogP contribution in [0, 0.1) is 0 Å². The quantitative estimate of drug-likeness (QED) is 0.704. The third kappa shape index (κ3) is 3.35. The minimum Gasteiger partial charge on any atom is -0.311 e. The molecule has 0 saturated heterocycles. The summed E-state index contributed by atoms with van der Waals surface area (Å²) in [6.45, 7) is 1.80. The predicted molar refractivity (Wildman–Crippen MR) is 83.3 cm³/mol. The van der Waals surface area contributed by atoms with E-state index in [2.05, 4.69) is 46.1 Å². The third-order valence-electron chi connectivity index (χ3n) is 3.10. The van der Waals surface area contributed by atoms with Gasteiger partial charge in [-0.3, -0.25) is 0 Å². The molecular weight excluding hydrogens is 266 g/mol. The first-order chi connectivity index (χ1) is 9.92. The van der Waals surface area contributed by atoms with Crippen molar-refractivity contribution in [1.82, 2.24) is 15.1 Å². The largest absolute Gasteiger partial charge is 0.311 e. The van der Waals surface area contributed by atoms with Gasteiger partial charge in [-0.25, -0.2) is 4.68 Å². The summed E-state index contributed by atoms with van der Waals surface area (Å²) in [5.41, 5.74) is 2.16. The molecule has 0 aliphatic heterocycles. The maximum atomic E-state index is 4.57. The van der Waals surface area contributed by atoms with E-state index in [0.717, 1.165) is 30.9 Å². The summed E-state index contributed by atoms with van der Waals surface area (Å²) in [7, 11) is 0. The fourth-order valence-corrected chi connectivity index (χ4v) is 2.77. The van der Waals surface area contributed by atoms with Crippen molar-refractivity contribution in [2.24, 2.45) is 0 Å². The van der Waals surface area contributed by atoms with E-state index in [1.54, 1.807) is 0 Å². The first-order valence-electron chi connectivity index (χ1n) is 6.75. The summed E-state index contributed by atoms with van der Waals surface area (Å²) in [6, 6.07) is 16.5. The first-order valence-corrected chi connectivity index (χ1v) is 7.63. The van der Waals surface area contributed by atoms with Crippen LogP contribution >= 0.6 is 11.3 Å². The Morgan fingerprint density at radius 3 is 2.75 bits per heavy atom. The smallest absolute Gasteiger partial charge is 0.0766 e. The molecule has 102 valence electrons. The van der Waals surface area contributed by atoms with E-state index in [0.29, 0.717) is 0 Å². The van der Waals surface area contributed by atoms with Crippen LogP contribution in [0.3, 0.4) is 0 Å². The lowest BCUT2D eigenvalue weighted by atomic mass is 10.3. The number of hydrogen-bond donors (Lipinski definition) is 1. The lowest BCUT2D eigenvalue weighted by molar-refractivity contribution is 0.669. The number of benzene rings is 1. The van der Waals surface area contributed by atoms with Crippen molar-refractivity contribution in [2.45, 2.75) is 13.0 Å². The second kappa shape index (κ2) is 6.50. The van der Waals surface area contributed by atoms with E-state index in [1.807, 2.05) is 40.4 Å². The Balaban J connectivity index is 1.50. The lowest BCUT2D eigenvalue weighted by Gasteiger charge is -2.02. The highest BCUT2D eigenvalue weighted by Gasteiger charge is 2.00. The van der Waals surface area contributed by atoms with Crippen LogP contribution in [0.5, 0.6) is 0 Å². The zero-order valence-electron chi connectivity index (χ0n) is 11.2. The number of aromatic nitrogens is 2. The molecule has 0 bridgehead atoms. The van der Waals surface area contributed by atoms with Gasteiger partial charge in [-0.15, -0.1) is 11.3 Å². The summed E-state index contributed by atoms with van der Waals surface area (Å²) in [5.74, 6) is 0. The summed E-state index contributed by atoms with van der Waals surface area (Å²) in [6.07, 6.45) is 3.09. The SMILES string of the molecule is c1ccc(-n2ccc(CNCCc3cccs3)n2)cc1. The molecule has 0 spiro atoms. The molecule has 0 amide bonds. The molecule has 0 unspecified atom stereocenters. The van der Waals surface area contributed by atoms with Gasteiger partial charge in [0.2, 0.25) is 0 Å². The van der Waals surface area contributed by atoms with E-state index in [-0.39, 0.29) is 0 Å². The monoisotopic (exact) mass is 283 g/mol. The third-order valence-corrected chi connectivity index (χ3v) is 4.04. The Hall–Kier alpha value is -1.91. The molecule has 0 aliphatic rings. The highest BCUT2D eigenvalue weighted by atomic mass is 32.1. The van der Waals surface area contributed by atoms with E-state index in [1.165, 1.54) is 4.88 Å². The summed E-state index contributed by atoms with van der Waals surface area (Å²) in [5, 5.41) is 10.1. The molecule has 4 heteroatoms. The molecule has 2 aromatic heterocycles. The molecule has 0 atom stereocenters. The van der Waals surface area contributed by atoms with Gasteiger partial charge in [0.25, 0.3) is 0 Å². The zero-order valence-corrected chi connectivity index (χ0v) is 12.0. The van der Waals surface area contributed by atoms with Crippen LogP contribution in [0.15, 0.2) is 60.1 Å². The lowest BCUT2D eigenvalue weighted by Crippen LogP contribution is -2.16. The van der Waals surface area contributed by atoms with Crippen molar-refractivity contribution in [3.8, 4) is 5.69 Å². The predicted octanol–water partition coefficient (Wildman–Crippen LogP) is 3.27. The minimum atomic E-state index is 0.811. The minimum absolute atomic E-state index is 0.811. The molecule has 3 rings (SSSR count). The van der Waals surface area contributed by atoms with Gasteiger partial charge in [0.05, 0.1) is 11.4 Å². The Labute approximate surface area is 122 Å². The van der Waals surface area contributed by atoms with Gasteiger partial charge in [0.1, 0.15) is 0 Å². The van der Waals surface area contributed by atoms with Crippen LogP contribution in [0.1, 0.15) is 10.6 Å². The highest BCUT2D eigenvalue weighted by Crippen LogP contribution is 2.09. The molecule has 2 heterocycles. The standard InChI is InChI=1S/C16H17N3S/c1-2-5-15(6-3-1)19-11-9-14(18-19)13-17-10-8-16-7-4-12-20-16/h1-7,9,11-12,17H,8,10,13H2. The Bertz CT molecular complexity index is 629. The highest BCUT2D eigenvalue weighted by molar-refractivity contribution is 7.09. The first kappa shape index (κ1) is 13.1. The average Bonchev–Trinajstić information content (AvgIpc) is 3.16. The number of thiophene rings is 1. The van der Waals surface area contributed by atoms with Gasteiger partial charge < -0.3 is 5.32 Å². The summed E-state index contributed by atoms with van der Waals surface area (Å²) < 4.78 is 1.91. The average molecular weight is 283 g/mol. The van der Waals surface area contributed by atoms with E-state index in [4.69, 9.17) is 0 Å². The molecule has 20 heavy (non-hydrogen) atoms. The van der Waals surface area contributed by atoms with Gasteiger partial charge in [-0.1, -0.05) is 24.3 Å². The molecule has 0 saturated carbocycles. The van der Waals surface area contributed by atoms with Crippen LogP contribution in [-0.2, 0) is 13.0 Å². The van der Waals surface area contributed by atoms with Crippen molar-refractivity contribution >= 4 is 11.3 Å². The van der Waals surface area contributed by atoms with E-state index >= 15 is 0 Å². The Morgan fingerprint density at radius 1 is 1.05 bits per heavy atom. The Morgan fingerprint density at radius 2 is 1.95 bits per heavy atom. The number of nitrogens with one attached hydrogen (secondary N) is 1. The van der Waals surface area contributed by atoms with Crippen molar-refractivity contribution in [2.75, 3.05) is 6.54 Å². The maximum absolute atomic E-state index is 4.57. The van der Waals surface area contributed by atoms with Gasteiger partial charge in [0, 0.05) is 24.2 Å². The number of hydrogen-bond acceptors (Lipinski definition) is 3. The van der Waals surface area contributed by atoms with Gasteiger partial charge in [0.15, 0.2) is 0 Å². The molecule has 1 aromatic carbocycles. The summed E-state index contributed by atoms with van der Waals surface area (Å²) in [4.78, 5) is 1.42. The van der Waals surface area contributed by atoms with Gasteiger partial charge in [-0.05, 0) is 36.1 Å². The number of para-hydroxylation sites is 1. The van der Waals surface area contributed by atoms with Crippen LogP contribution < -0.4 is 5.32 Å². The molecule has 0 aliphatic carbocycles. The second-order valence-electron chi connectivity index (χ2n) is 4.59. The van der Waals surface area contributed by atoms with Gasteiger partial charge >= 0.3 is 0 Å². The van der Waals surface area contributed by atoms with Crippen LogP contribution in [0.25, 0.3) is 5.69 Å². The van der Waals surface area contributed by atoms with Crippen molar-refractivity contribution in [3.63, 3.8) is 0 Å². The summed E-state index contributed by atoms with van der Waals surface area (Å²) >= 11 is 1.81. The van der Waals surface area contributed by atoms with Gasteiger partial charge in [-0.2, -0.15) is 5.10 Å². The molecular formula is C16H17N3S. The number of rotatable bonds is 6. The maximum Gasteiger partial charge on any atom is 0.0766 e. The van der Waals surface area contributed by atoms with E-state index < -0.39 is 0 Å². The van der Waals surface area contributed by atoms with Crippen molar-refractivity contribution in [1.29, 1.82) is 0 Å². The zero-order chi connectivity index (χ0) is 13.6. The molecule has 0 fully saturated rings. The van der Waals surface area contributed by atoms with E-state index in [9.17, 15) is 0 Å². The van der Waals surface area contributed by atoms with Crippen LogP contribution in [-0.4, -0.2) is 16.3 Å². The molecule has 3 nitrogen and oxygen atoms in total. The van der Waals surface area contributed by atoms with Crippen LogP contribution in [0.2, 0.25) is 0 Å². The van der Waals surface area contributed by atoms with Crippen LogP contribution in [0.4, 0.5) is 0 Å². The van der Waals surface area contributed by atoms with Crippen molar-refractivity contribution in [3.05, 3.63) is 70.7 Å². The fourth-order valence-electron chi connectivity index (χ4n) is 2.06. The molecule has 0 radical (unpaired) electrons. The normalized spacial score (nSPS) is 10.8. The van der Waals surface area contributed by atoms with Crippen molar-refractivity contribution < 1.29 is 0 Å². The molecule has 3 aromatic rings.